The third-order valence-electron chi connectivity index (χ3n) is 4.37. The van der Waals surface area contributed by atoms with E-state index in [2.05, 4.69) is 19.2 Å². The van der Waals surface area contributed by atoms with Crippen molar-refractivity contribution in [2.75, 3.05) is 26.3 Å². The molecule has 0 saturated carbocycles. The molecule has 25 heavy (non-hydrogen) atoms. The van der Waals surface area contributed by atoms with Gasteiger partial charge < -0.3 is 14.6 Å². The van der Waals surface area contributed by atoms with Crippen LogP contribution in [0.3, 0.4) is 0 Å². The number of carbonyl (C=O) groups is 1. The predicted molar refractivity (Wildman–Crippen MR) is 96.0 cm³/mol. The molecule has 7 nitrogen and oxygen atoms in total. The Morgan fingerprint density at radius 2 is 1.88 bits per heavy atom. The molecule has 1 amide bonds. The van der Waals surface area contributed by atoms with Gasteiger partial charge in [0.1, 0.15) is 10.6 Å². The van der Waals surface area contributed by atoms with Gasteiger partial charge in [0, 0.05) is 32.4 Å². The van der Waals surface area contributed by atoms with Gasteiger partial charge in [0.25, 0.3) is 5.91 Å². The number of aromatic nitrogens is 1. The molecule has 0 bridgehead atoms. The molecule has 8 heteroatoms. The predicted octanol–water partition coefficient (Wildman–Crippen LogP) is 1.60. The van der Waals surface area contributed by atoms with E-state index in [-0.39, 0.29) is 16.8 Å². The van der Waals surface area contributed by atoms with Crippen LogP contribution in [0, 0.1) is 5.92 Å². The summed E-state index contributed by atoms with van der Waals surface area (Å²) in [6.45, 7) is 7.73. The highest BCUT2D eigenvalue weighted by Gasteiger charge is 2.29. The van der Waals surface area contributed by atoms with Gasteiger partial charge >= 0.3 is 0 Å². The number of ether oxygens (including phenoxy) is 1. The van der Waals surface area contributed by atoms with Crippen molar-refractivity contribution in [1.29, 1.82) is 0 Å². The van der Waals surface area contributed by atoms with Gasteiger partial charge in [0.2, 0.25) is 10.0 Å². The number of rotatable bonds is 7. The number of amides is 1. The standard InChI is InChI=1S/C17H29N3O4S/c1-13(2)5-6-14(3)18-17(21)16-11-15(12-19(16)4)25(22,23)20-7-9-24-10-8-20/h11-14H,5-10H2,1-4H3,(H,18,21)/t14-/m0/s1. The average molecular weight is 372 g/mol. The third-order valence-corrected chi connectivity index (χ3v) is 6.24. The Morgan fingerprint density at radius 1 is 1.24 bits per heavy atom. The number of nitrogens with zero attached hydrogens (tertiary/aromatic N) is 2. The number of morpholine rings is 1. The first kappa shape index (κ1) is 19.9. The fourth-order valence-electron chi connectivity index (χ4n) is 2.79. The van der Waals surface area contributed by atoms with Gasteiger partial charge in [-0.3, -0.25) is 4.79 Å². The zero-order valence-electron chi connectivity index (χ0n) is 15.5. The van der Waals surface area contributed by atoms with Crippen LogP contribution >= 0.6 is 0 Å². The summed E-state index contributed by atoms with van der Waals surface area (Å²) in [6.07, 6.45) is 3.43. The fourth-order valence-corrected chi connectivity index (χ4v) is 4.27. The second-order valence-corrected chi connectivity index (χ2v) is 8.97. The Morgan fingerprint density at radius 3 is 2.48 bits per heavy atom. The van der Waals surface area contributed by atoms with Crippen LogP contribution in [0.15, 0.2) is 17.2 Å². The molecule has 0 aliphatic carbocycles. The molecule has 0 aromatic carbocycles. The maximum Gasteiger partial charge on any atom is 0.268 e. The SMILES string of the molecule is CC(C)CC[C@H](C)NC(=O)c1cc(S(=O)(=O)N2CCOCC2)cn1C. The summed E-state index contributed by atoms with van der Waals surface area (Å²) in [7, 11) is -1.91. The lowest BCUT2D eigenvalue weighted by atomic mass is 10.0. The largest absolute Gasteiger partial charge is 0.379 e. The molecule has 1 N–H and O–H groups in total. The third kappa shape index (κ3) is 5.05. The van der Waals surface area contributed by atoms with Crippen LogP contribution in [0.4, 0.5) is 0 Å². The van der Waals surface area contributed by atoms with Crippen LogP contribution < -0.4 is 5.32 Å². The molecule has 1 aromatic rings. The average Bonchev–Trinajstić information content (AvgIpc) is 2.96. The van der Waals surface area contributed by atoms with Crippen LogP contribution in [0.1, 0.15) is 44.1 Å². The highest BCUT2D eigenvalue weighted by molar-refractivity contribution is 7.89. The van der Waals surface area contributed by atoms with E-state index in [4.69, 9.17) is 4.74 Å². The van der Waals surface area contributed by atoms with Gasteiger partial charge in [-0.05, 0) is 31.7 Å². The maximum absolute atomic E-state index is 12.7. The summed E-state index contributed by atoms with van der Waals surface area (Å²) in [4.78, 5) is 12.6. The summed E-state index contributed by atoms with van der Waals surface area (Å²) >= 11 is 0. The van der Waals surface area contributed by atoms with Gasteiger partial charge in [-0.2, -0.15) is 4.31 Å². The molecule has 1 saturated heterocycles. The minimum Gasteiger partial charge on any atom is -0.379 e. The molecule has 1 aliphatic rings. The molecule has 1 aromatic heterocycles. The minimum atomic E-state index is -3.59. The zero-order chi connectivity index (χ0) is 18.6. The van der Waals surface area contributed by atoms with Crippen molar-refractivity contribution in [3.8, 4) is 0 Å². The zero-order valence-corrected chi connectivity index (χ0v) is 16.3. The normalized spacial score (nSPS) is 17.6. The quantitative estimate of drug-likeness (QED) is 0.789. The Bertz CT molecular complexity index is 691. The van der Waals surface area contributed by atoms with Crippen molar-refractivity contribution in [3.63, 3.8) is 0 Å². The van der Waals surface area contributed by atoms with Gasteiger partial charge in [0.05, 0.1) is 13.2 Å². The Labute approximate surface area is 150 Å². The smallest absolute Gasteiger partial charge is 0.268 e. The van der Waals surface area contributed by atoms with Crippen LogP contribution in [-0.4, -0.2) is 55.5 Å². The molecule has 2 heterocycles. The Kier molecular flexibility index (Phi) is 6.65. The molecular formula is C17H29N3O4S. The lowest BCUT2D eigenvalue weighted by Gasteiger charge is -2.25. The first-order valence-electron chi connectivity index (χ1n) is 8.77. The monoisotopic (exact) mass is 371 g/mol. The van der Waals surface area contributed by atoms with E-state index in [9.17, 15) is 13.2 Å². The summed E-state index contributed by atoms with van der Waals surface area (Å²) in [5.41, 5.74) is 0.350. The number of carbonyl (C=O) groups excluding carboxylic acids is 1. The van der Waals surface area contributed by atoms with Crippen LogP contribution in [0.5, 0.6) is 0 Å². The summed E-state index contributed by atoms with van der Waals surface area (Å²) in [5.74, 6) is 0.335. The van der Waals surface area contributed by atoms with Gasteiger partial charge in [0.15, 0.2) is 0 Å². The second kappa shape index (κ2) is 8.33. The maximum atomic E-state index is 12.7. The molecular weight excluding hydrogens is 342 g/mol. The van der Waals surface area contributed by atoms with Crippen LogP contribution in [-0.2, 0) is 21.8 Å². The van der Waals surface area contributed by atoms with Crippen molar-refractivity contribution in [1.82, 2.24) is 14.2 Å². The molecule has 0 radical (unpaired) electrons. The Balaban J connectivity index is 2.09. The van der Waals surface area contributed by atoms with Crippen molar-refractivity contribution >= 4 is 15.9 Å². The van der Waals surface area contributed by atoms with E-state index in [0.717, 1.165) is 12.8 Å². The van der Waals surface area contributed by atoms with Crippen LogP contribution in [0.2, 0.25) is 0 Å². The van der Waals surface area contributed by atoms with Gasteiger partial charge in [-0.15, -0.1) is 0 Å². The van der Waals surface area contributed by atoms with E-state index < -0.39 is 10.0 Å². The van der Waals surface area contributed by atoms with E-state index >= 15 is 0 Å². The van der Waals surface area contributed by atoms with Crippen molar-refractivity contribution in [2.45, 2.75) is 44.6 Å². The van der Waals surface area contributed by atoms with Crippen molar-refractivity contribution < 1.29 is 17.9 Å². The molecule has 0 unspecified atom stereocenters. The minimum absolute atomic E-state index is 0.0455. The summed E-state index contributed by atoms with van der Waals surface area (Å²) in [6, 6.07) is 1.50. The summed E-state index contributed by atoms with van der Waals surface area (Å²) < 4.78 is 33.6. The number of hydrogen-bond donors (Lipinski definition) is 1. The number of sulfonamides is 1. The molecule has 2 rings (SSSR count). The molecule has 142 valence electrons. The molecule has 0 spiro atoms. The van der Waals surface area contributed by atoms with Crippen LogP contribution in [0.25, 0.3) is 0 Å². The topological polar surface area (TPSA) is 80.6 Å². The highest BCUT2D eigenvalue weighted by atomic mass is 32.2. The van der Waals surface area contributed by atoms with E-state index in [0.29, 0.717) is 37.9 Å². The van der Waals surface area contributed by atoms with Crippen molar-refractivity contribution in [3.05, 3.63) is 18.0 Å². The van der Waals surface area contributed by atoms with E-state index in [1.165, 1.54) is 16.6 Å². The fraction of sp³-hybridized carbons (Fsp3) is 0.706. The lowest BCUT2D eigenvalue weighted by molar-refractivity contribution is 0.0730. The molecule has 1 atom stereocenters. The first-order valence-corrected chi connectivity index (χ1v) is 10.2. The van der Waals surface area contributed by atoms with Crippen molar-refractivity contribution in [2.24, 2.45) is 13.0 Å². The van der Waals surface area contributed by atoms with E-state index in [1.807, 2.05) is 6.92 Å². The first-order chi connectivity index (χ1) is 11.7. The lowest BCUT2D eigenvalue weighted by Crippen LogP contribution is -2.40. The van der Waals surface area contributed by atoms with Gasteiger partial charge in [-0.1, -0.05) is 13.8 Å². The summed E-state index contributed by atoms with van der Waals surface area (Å²) in [5, 5.41) is 2.95. The molecule has 1 fully saturated rings. The highest BCUT2D eigenvalue weighted by Crippen LogP contribution is 2.20. The number of nitrogens with one attached hydrogen (secondary N) is 1. The number of hydrogen-bond acceptors (Lipinski definition) is 4. The Hall–Kier alpha value is -1.38. The molecule has 1 aliphatic heterocycles. The van der Waals surface area contributed by atoms with Gasteiger partial charge in [-0.25, -0.2) is 8.42 Å². The number of aryl methyl sites for hydroxylation is 1. The second-order valence-electron chi connectivity index (χ2n) is 7.03. The van der Waals surface area contributed by atoms with E-state index in [1.54, 1.807) is 11.6 Å².